The van der Waals surface area contributed by atoms with Crippen molar-refractivity contribution in [2.24, 2.45) is 0 Å². The van der Waals surface area contributed by atoms with Crippen molar-refractivity contribution in [3.8, 4) is 17.6 Å². The first-order valence-corrected chi connectivity index (χ1v) is 6.09. The molecule has 0 spiro atoms. The van der Waals surface area contributed by atoms with Gasteiger partial charge in [0, 0.05) is 5.56 Å². The van der Waals surface area contributed by atoms with Gasteiger partial charge in [0.1, 0.15) is 12.4 Å². The topological polar surface area (TPSA) is 85.4 Å². The standard InChI is InChI=1S/C15H12N2O4/c1-20-15-7-6-13(8-14(15)17(18)19)21-10-12-5-3-2-4-11(12)9-16/h2-8H,10H2,1H3. The minimum atomic E-state index is -0.533. The molecular weight excluding hydrogens is 272 g/mol. The highest BCUT2D eigenvalue weighted by Gasteiger charge is 2.16. The zero-order valence-electron chi connectivity index (χ0n) is 11.3. The number of methoxy groups -OCH3 is 1. The molecule has 0 radical (unpaired) electrons. The number of hydrogen-bond acceptors (Lipinski definition) is 5. The van der Waals surface area contributed by atoms with Crippen molar-refractivity contribution in [1.82, 2.24) is 0 Å². The normalized spacial score (nSPS) is 9.71. The van der Waals surface area contributed by atoms with Gasteiger partial charge in [-0.15, -0.1) is 0 Å². The molecule has 21 heavy (non-hydrogen) atoms. The highest BCUT2D eigenvalue weighted by atomic mass is 16.6. The Balaban J connectivity index is 2.19. The summed E-state index contributed by atoms with van der Waals surface area (Å²) in [6, 6.07) is 13.5. The van der Waals surface area contributed by atoms with E-state index in [1.165, 1.54) is 19.2 Å². The third kappa shape index (κ3) is 3.28. The molecule has 0 aliphatic carbocycles. The van der Waals surface area contributed by atoms with Gasteiger partial charge in [-0.3, -0.25) is 10.1 Å². The fourth-order valence-electron chi connectivity index (χ4n) is 1.82. The molecule has 0 N–H and O–H groups in total. The lowest BCUT2D eigenvalue weighted by atomic mass is 10.1. The number of nitro groups is 1. The van der Waals surface area contributed by atoms with E-state index in [-0.39, 0.29) is 18.0 Å². The highest BCUT2D eigenvalue weighted by molar-refractivity contribution is 5.51. The van der Waals surface area contributed by atoms with Crippen LogP contribution in [-0.2, 0) is 6.61 Å². The summed E-state index contributed by atoms with van der Waals surface area (Å²) < 4.78 is 10.4. The first-order valence-electron chi connectivity index (χ1n) is 6.09. The first-order chi connectivity index (χ1) is 10.2. The van der Waals surface area contributed by atoms with E-state index in [1.807, 2.05) is 0 Å². The minimum absolute atomic E-state index is 0.160. The van der Waals surface area contributed by atoms with Crippen molar-refractivity contribution in [2.75, 3.05) is 7.11 Å². The molecule has 2 rings (SSSR count). The molecule has 0 heterocycles. The minimum Gasteiger partial charge on any atom is -0.490 e. The van der Waals surface area contributed by atoms with Crippen molar-refractivity contribution in [3.63, 3.8) is 0 Å². The van der Waals surface area contributed by atoms with E-state index in [2.05, 4.69) is 6.07 Å². The van der Waals surface area contributed by atoms with Gasteiger partial charge in [0.15, 0.2) is 5.75 Å². The molecule has 0 saturated carbocycles. The number of nitriles is 1. The summed E-state index contributed by atoms with van der Waals surface area (Å²) in [4.78, 5) is 10.4. The molecule has 0 atom stereocenters. The Labute approximate surface area is 121 Å². The van der Waals surface area contributed by atoms with Gasteiger partial charge in [0.25, 0.3) is 0 Å². The lowest BCUT2D eigenvalue weighted by Gasteiger charge is -2.08. The van der Waals surface area contributed by atoms with Crippen LogP contribution >= 0.6 is 0 Å². The summed E-state index contributed by atoms with van der Waals surface area (Å²) in [5.74, 6) is 0.514. The van der Waals surface area contributed by atoms with Crippen LogP contribution in [0.2, 0.25) is 0 Å². The van der Waals surface area contributed by atoms with Gasteiger partial charge < -0.3 is 9.47 Å². The van der Waals surface area contributed by atoms with E-state index < -0.39 is 4.92 Å². The van der Waals surface area contributed by atoms with Gasteiger partial charge >= 0.3 is 5.69 Å². The molecule has 0 saturated heterocycles. The van der Waals surface area contributed by atoms with Crippen LogP contribution in [0.25, 0.3) is 0 Å². The van der Waals surface area contributed by atoms with Gasteiger partial charge in [-0.1, -0.05) is 18.2 Å². The Hall–Kier alpha value is -3.07. The van der Waals surface area contributed by atoms with Gasteiger partial charge in [-0.2, -0.15) is 5.26 Å². The summed E-state index contributed by atoms with van der Waals surface area (Å²) in [6.45, 7) is 0.160. The van der Waals surface area contributed by atoms with Gasteiger partial charge in [-0.05, 0) is 18.2 Å². The van der Waals surface area contributed by atoms with Crippen LogP contribution < -0.4 is 9.47 Å². The SMILES string of the molecule is COc1ccc(OCc2ccccc2C#N)cc1[N+](=O)[O-]. The summed E-state index contributed by atoms with van der Waals surface area (Å²) in [5.41, 5.74) is 1.07. The number of nitrogens with zero attached hydrogens (tertiary/aromatic N) is 2. The van der Waals surface area contributed by atoms with Crippen molar-refractivity contribution in [3.05, 3.63) is 63.7 Å². The lowest BCUT2D eigenvalue weighted by molar-refractivity contribution is -0.385. The molecule has 0 amide bonds. The average Bonchev–Trinajstić information content (AvgIpc) is 2.52. The monoisotopic (exact) mass is 284 g/mol. The fraction of sp³-hybridized carbons (Fsp3) is 0.133. The van der Waals surface area contributed by atoms with E-state index in [1.54, 1.807) is 30.3 Å². The van der Waals surface area contributed by atoms with Crippen molar-refractivity contribution >= 4 is 5.69 Å². The van der Waals surface area contributed by atoms with Crippen LogP contribution in [0.15, 0.2) is 42.5 Å². The maximum absolute atomic E-state index is 10.9. The fourth-order valence-corrected chi connectivity index (χ4v) is 1.82. The predicted molar refractivity (Wildman–Crippen MR) is 75.1 cm³/mol. The van der Waals surface area contributed by atoms with E-state index in [9.17, 15) is 10.1 Å². The predicted octanol–water partition coefficient (Wildman–Crippen LogP) is 3.05. The second kappa shape index (κ2) is 6.39. The van der Waals surface area contributed by atoms with Crippen LogP contribution in [0.3, 0.4) is 0 Å². The maximum Gasteiger partial charge on any atom is 0.314 e. The molecule has 0 bridgehead atoms. The summed E-state index contributed by atoms with van der Waals surface area (Å²) in [6.07, 6.45) is 0. The van der Waals surface area contributed by atoms with Gasteiger partial charge in [0.2, 0.25) is 0 Å². The van der Waals surface area contributed by atoms with Crippen molar-refractivity contribution in [2.45, 2.75) is 6.61 Å². The third-order valence-corrected chi connectivity index (χ3v) is 2.88. The zero-order chi connectivity index (χ0) is 15.2. The number of nitro benzene ring substituents is 1. The quantitative estimate of drug-likeness (QED) is 0.622. The molecule has 2 aromatic carbocycles. The Morgan fingerprint density at radius 2 is 2.05 bits per heavy atom. The lowest BCUT2D eigenvalue weighted by Crippen LogP contribution is -1.99. The number of ether oxygens (including phenoxy) is 2. The largest absolute Gasteiger partial charge is 0.490 e. The molecule has 0 aliphatic heterocycles. The molecule has 6 nitrogen and oxygen atoms in total. The zero-order valence-corrected chi connectivity index (χ0v) is 11.3. The highest BCUT2D eigenvalue weighted by Crippen LogP contribution is 2.31. The Kier molecular flexibility index (Phi) is 4.36. The van der Waals surface area contributed by atoms with E-state index in [0.717, 1.165) is 5.56 Å². The van der Waals surface area contributed by atoms with Gasteiger partial charge in [0.05, 0.1) is 29.7 Å². The molecule has 0 aliphatic rings. The van der Waals surface area contributed by atoms with E-state index >= 15 is 0 Å². The van der Waals surface area contributed by atoms with Crippen molar-refractivity contribution < 1.29 is 14.4 Å². The van der Waals surface area contributed by atoms with Crippen molar-refractivity contribution in [1.29, 1.82) is 5.26 Å². The van der Waals surface area contributed by atoms with Gasteiger partial charge in [-0.25, -0.2) is 0 Å². The second-order valence-corrected chi connectivity index (χ2v) is 4.15. The number of benzene rings is 2. The van der Waals surface area contributed by atoms with E-state index in [0.29, 0.717) is 11.3 Å². The number of hydrogen-bond donors (Lipinski definition) is 0. The number of rotatable bonds is 5. The Bertz CT molecular complexity index is 707. The summed E-state index contributed by atoms with van der Waals surface area (Å²) >= 11 is 0. The molecule has 0 aromatic heterocycles. The summed E-state index contributed by atoms with van der Waals surface area (Å²) in [5, 5.41) is 19.9. The molecule has 0 unspecified atom stereocenters. The Morgan fingerprint density at radius 1 is 1.29 bits per heavy atom. The Morgan fingerprint density at radius 3 is 2.71 bits per heavy atom. The smallest absolute Gasteiger partial charge is 0.314 e. The average molecular weight is 284 g/mol. The maximum atomic E-state index is 10.9. The molecule has 106 valence electrons. The third-order valence-electron chi connectivity index (χ3n) is 2.88. The molecule has 2 aromatic rings. The van der Waals surface area contributed by atoms with E-state index in [4.69, 9.17) is 14.7 Å². The molecule has 0 fully saturated rings. The molecule has 6 heteroatoms. The van der Waals surface area contributed by atoms with Crippen LogP contribution in [0.5, 0.6) is 11.5 Å². The summed E-state index contributed by atoms with van der Waals surface area (Å²) in [7, 11) is 1.37. The first kappa shape index (κ1) is 14.3. The van der Waals surface area contributed by atoms with Crippen LogP contribution in [0.1, 0.15) is 11.1 Å². The van der Waals surface area contributed by atoms with Crippen LogP contribution in [0.4, 0.5) is 5.69 Å². The van der Waals surface area contributed by atoms with Crippen LogP contribution in [0, 0.1) is 21.4 Å². The molecular formula is C15H12N2O4. The van der Waals surface area contributed by atoms with Crippen LogP contribution in [-0.4, -0.2) is 12.0 Å². The second-order valence-electron chi connectivity index (χ2n) is 4.15.